The summed E-state index contributed by atoms with van der Waals surface area (Å²) in [5.41, 5.74) is -0.547. The van der Waals surface area contributed by atoms with Crippen LogP contribution in [0.4, 0.5) is 13.2 Å². The zero-order chi connectivity index (χ0) is 11.8. The van der Waals surface area contributed by atoms with Gasteiger partial charge in [-0.15, -0.1) is 0 Å². The van der Waals surface area contributed by atoms with Crippen molar-refractivity contribution < 1.29 is 13.2 Å². The third-order valence-electron chi connectivity index (χ3n) is 1.71. The van der Waals surface area contributed by atoms with E-state index in [0.29, 0.717) is 5.56 Å². The Morgan fingerprint density at radius 2 is 2.00 bits per heavy atom. The molecule has 0 aromatic carbocycles. The molecule has 16 heavy (non-hydrogen) atoms. The molecule has 0 aliphatic heterocycles. The average molecular weight is 266 g/mol. The van der Waals surface area contributed by atoms with Gasteiger partial charge in [0.1, 0.15) is 5.69 Å². The van der Waals surface area contributed by atoms with Crippen molar-refractivity contribution in [2.24, 2.45) is 0 Å². The molecule has 0 amide bonds. The summed E-state index contributed by atoms with van der Waals surface area (Å²) in [5, 5.41) is 0. The first kappa shape index (κ1) is 11.3. The first-order valence-electron chi connectivity index (χ1n) is 3.99. The molecule has 0 radical (unpaired) electrons. The van der Waals surface area contributed by atoms with Gasteiger partial charge in [0.25, 0.3) is 0 Å². The Morgan fingerprint density at radius 3 is 2.44 bits per heavy atom. The summed E-state index contributed by atoms with van der Waals surface area (Å²) in [5.74, 6) is 0.274. The first-order valence-corrected chi connectivity index (χ1v) is 5.15. The second-order valence-corrected chi connectivity index (χ2v) is 4.13. The first-order chi connectivity index (χ1) is 7.47. The standard InChI is InChI=1S/C8H3ClF3N3S/c9-7-14-6(15-16-7)4-1-2-5(13-3-4)8(10,11)12/h1-3H. The number of hydrogen-bond acceptors (Lipinski definition) is 4. The second kappa shape index (κ2) is 3.99. The van der Waals surface area contributed by atoms with Crippen molar-refractivity contribution in [2.75, 3.05) is 0 Å². The van der Waals surface area contributed by atoms with Gasteiger partial charge in [0.05, 0.1) is 0 Å². The summed E-state index contributed by atoms with van der Waals surface area (Å²) in [6, 6.07) is 2.14. The lowest BCUT2D eigenvalue weighted by molar-refractivity contribution is -0.141. The maximum atomic E-state index is 12.2. The monoisotopic (exact) mass is 265 g/mol. The van der Waals surface area contributed by atoms with Crippen LogP contribution in [-0.4, -0.2) is 14.3 Å². The molecule has 0 fully saturated rings. The minimum Gasteiger partial charge on any atom is -0.251 e. The van der Waals surface area contributed by atoms with Gasteiger partial charge in [-0.2, -0.15) is 17.5 Å². The number of nitrogens with zero attached hydrogens (tertiary/aromatic N) is 3. The molecule has 0 atom stereocenters. The lowest BCUT2D eigenvalue weighted by Gasteiger charge is -2.04. The van der Waals surface area contributed by atoms with Crippen LogP contribution in [0.15, 0.2) is 18.3 Å². The van der Waals surface area contributed by atoms with E-state index in [4.69, 9.17) is 11.6 Å². The summed E-state index contributed by atoms with van der Waals surface area (Å²) in [6.45, 7) is 0. The van der Waals surface area contributed by atoms with Gasteiger partial charge in [-0.1, -0.05) is 0 Å². The Labute approximate surface area is 97.1 Å². The molecule has 2 rings (SSSR count). The van der Waals surface area contributed by atoms with E-state index in [1.54, 1.807) is 0 Å². The number of alkyl halides is 3. The molecule has 8 heteroatoms. The SMILES string of the molecule is FC(F)(F)c1ccc(-c2nsc(Cl)n2)cn1. The van der Waals surface area contributed by atoms with Crippen molar-refractivity contribution in [1.29, 1.82) is 0 Å². The summed E-state index contributed by atoms with van der Waals surface area (Å²) >= 11 is 6.52. The topological polar surface area (TPSA) is 38.7 Å². The van der Waals surface area contributed by atoms with Crippen LogP contribution in [0.2, 0.25) is 4.47 Å². The van der Waals surface area contributed by atoms with Gasteiger partial charge in [-0.3, -0.25) is 4.98 Å². The molecule has 0 saturated carbocycles. The van der Waals surface area contributed by atoms with Crippen molar-refractivity contribution in [3.8, 4) is 11.4 Å². The quantitative estimate of drug-likeness (QED) is 0.794. The van der Waals surface area contributed by atoms with E-state index in [1.165, 1.54) is 6.07 Å². The summed E-state index contributed by atoms with van der Waals surface area (Å²) in [4.78, 5) is 7.12. The highest BCUT2D eigenvalue weighted by Gasteiger charge is 2.32. The number of rotatable bonds is 1. The van der Waals surface area contributed by atoms with Crippen LogP contribution in [0, 0.1) is 0 Å². The highest BCUT2D eigenvalue weighted by molar-refractivity contribution is 7.10. The van der Waals surface area contributed by atoms with Crippen LogP contribution in [-0.2, 0) is 6.18 Å². The summed E-state index contributed by atoms with van der Waals surface area (Å²) < 4.78 is 40.7. The molecular weight excluding hydrogens is 263 g/mol. The Balaban J connectivity index is 2.33. The molecule has 2 aromatic rings. The zero-order valence-corrected chi connectivity index (χ0v) is 9.07. The Bertz CT molecular complexity index is 494. The van der Waals surface area contributed by atoms with Crippen molar-refractivity contribution >= 4 is 23.1 Å². The minimum atomic E-state index is -4.44. The summed E-state index contributed by atoms with van der Waals surface area (Å²) in [7, 11) is 0. The van der Waals surface area contributed by atoms with Gasteiger partial charge >= 0.3 is 6.18 Å². The molecule has 0 saturated heterocycles. The number of halogens is 4. The largest absolute Gasteiger partial charge is 0.433 e. The molecule has 2 aromatic heterocycles. The van der Waals surface area contributed by atoms with Gasteiger partial charge in [0.2, 0.25) is 4.47 Å². The highest BCUT2D eigenvalue weighted by Crippen LogP contribution is 2.28. The maximum absolute atomic E-state index is 12.2. The van der Waals surface area contributed by atoms with Crippen LogP contribution >= 0.6 is 23.1 Å². The van der Waals surface area contributed by atoms with Gasteiger partial charge in [0, 0.05) is 11.8 Å². The normalized spacial score (nSPS) is 11.8. The number of hydrogen-bond donors (Lipinski definition) is 0. The molecule has 84 valence electrons. The molecule has 2 heterocycles. The lowest BCUT2D eigenvalue weighted by atomic mass is 10.2. The van der Waals surface area contributed by atoms with Crippen molar-refractivity contribution in [1.82, 2.24) is 14.3 Å². The Morgan fingerprint density at radius 1 is 1.25 bits per heavy atom. The smallest absolute Gasteiger partial charge is 0.251 e. The van der Waals surface area contributed by atoms with E-state index in [1.807, 2.05) is 0 Å². The summed E-state index contributed by atoms with van der Waals surface area (Å²) in [6.07, 6.45) is -3.37. The van der Waals surface area contributed by atoms with E-state index in [2.05, 4.69) is 14.3 Å². The van der Waals surface area contributed by atoms with Gasteiger partial charge in [0.15, 0.2) is 5.82 Å². The predicted molar refractivity (Wildman–Crippen MR) is 53.2 cm³/mol. The fourth-order valence-electron chi connectivity index (χ4n) is 1.02. The molecule has 0 aliphatic carbocycles. The predicted octanol–water partition coefficient (Wildman–Crippen LogP) is 3.27. The van der Waals surface area contributed by atoms with E-state index < -0.39 is 11.9 Å². The van der Waals surface area contributed by atoms with Crippen LogP contribution < -0.4 is 0 Å². The van der Waals surface area contributed by atoms with Crippen LogP contribution in [0.5, 0.6) is 0 Å². The van der Waals surface area contributed by atoms with Crippen LogP contribution in [0.25, 0.3) is 11.4 Å². The third kappa shape index (κ3) is 2.30. The van der Waals surface area contributed by atoms with E-state index in [9.17, 15) is 13.2 Å². The number of aromatic nitrogens is 3. The molecule has 0 spiro atoms. The number of pyridine rings is 1. The highest BCUT2D eigenvalue weighted by atomic mass is 35.5. The lowest BCUT2D eigenvalue weighted by Crippen LogP contribution is -2.07. The second-order valence-electron chi connectivity index (χ2n) is 2.80. The van der Waals surface area contributed by atoms with E-state index in [0.717, 1.165) is 23.8 Å². The van der Waals surface area contributed by atoms with Gasteiger partial charge in [-0.25, -0.2) is 4.98 Å². The molecule has 0 bridgehead atoms. The van der Waals surface area contributed by atoms with Crippen LogP contribution in [0.3, 0.4) is 0 Å². The third-order valence-corrected chi connectivity index (χ3v) is 2.51. The zero-order valence-electron chi connectivity index (χ0n) is 7.49. The minimum absolute atomic E-state index is 0.231. The van der Waals surface area contributed by atoms with Crippen LogP contribution in [0.1, 0.15) is 5.69 Å². The van der Waals surface area contributed by atoms with E-state index in [-0.39, 0.29) is 10.3 Å². The van der Waals surface area contributed by atoms with Gasteiger partial charge < -0.3 is 0 Å². The van der Waals surface area contributed by atoms with Gasteiger partial charge in [-0.05, 0) is 35.3 Å². The molecule has 3 nitrogen and oxygen atoms in total. The van der Waals surface area contributed by atoms with Crippen molar-refractivity contribution in [2.45, 2.75) is 6.18 Å². The fourth-order valence-corrected chi connectivity index (χ4v) is 1.63. The average Bonchev–Trinajstić information content (AvgIpc) is 2.64. The molecular formula is C8H3ClF3N3S. The van der Waals surface area contributed by atoms with E-state index >= 15 is 0 Å². The Hall–Kier alpha value is -1.21. The van der Waals surface area contributed by atoms with Crippen molar-refractivity contribution in [3.63, 3.8) is 0 Å². The maximum Gasteiger partial charge on any atom is 0.433 e. The van der Waals surface area contributed by atoms with Crippen molar-refractivity contribution in [3.05, 3.63) is 28.5 Å². The fraction of sp³-hybridized carbons (Fsp3) is 0.125. The molecule has 0 aliphatic rings. The molecule has 0 N–H and O–H groups in total. The Kier molecular flexibility index (Phi) is 2.81. The molecule has 0 unspecified atom stereocenters.